The van der Waals surface area contributed by atoms with Crippen molar-refractivity contribution in [1.82, 2.24) is 9.88 Å². The average molecular weight is 414 g/mol. The molecular weight excluding hydrogens is 394 g/mol. The molecule has 4 rings (SSSR count). The Balaban J connectivity index is 1.42. The van der Waals surface area contributed by atoms with E-state index in [4.69, 9.17) is 0 Å². The lowest BCUT2D eigenvalue weighted by Crippen LogP contribution is -2.49. The number of carbonyl (C=O) groups is 1. The van der Waals surface area contributed by atoms with Crippen molar-refractivity contribution < 1.29 is 13.6 Å². The van der Waals surface area contributed by atoms with Gasteiger partial charge in [0.05, 0.1) is 11.4 Å². The van der Waals surface area contributed by atoms with Gasteiger partial charge in [-0.2, -0.15) is 0 Å². The van der Waals surface area contributed by atoms with Gasteiger partial charge in [0.15, 0.2) is 5.13 Å². The molecule has 3 aromatic rings. The number of carbonyl (C=O) groups excluding carboxylic acids is 1. The highest BCUT2D eigenvalue weighted by molar-refractivity contribution is 7.17. The van der Waals surface area contributed by atoms with Gasteiger partial charge in [0.1, 0.15) is 16.5 Å². The van der Waals surface area contributed by atoms with Crippen LogP contribution in [0.4, 0.5) is 25.3 Å². The van der Waals surface area contributed by atoms with E-state index in [-0.39, 0.29) is 17.5 Å². The second-order valence-corrected chi connectivity index (χ2v) is 7.80. The van der Waals surface area contributed by atoms with Crippen molar-refractivity contribution in [3.63, 3.8) is 0 Å². The molecular formula is C21H20F2N4OS. The Labute approximate surface area is 171 Å². The standard InChI is InChI=1S/C21H20F2N4OS/c1-14-19(29-21(24-14)25-16-8-6-15(22)7-9-16)20(28)27-12-10-26(11-13-27)18-5-3-2-4-17(18)23/h2-9H,10-13H2,1H3,(H,24,25). The summed E-state index contributed by atoms with van der Waals surface area (Å²) in [6.45, 7) is 3.99. The van der Waals surface area contributed by atoms with Crippen LogP contribution < -0.4 is 10.2 Å². The molecule has 8 heteroatoms. The molecule has 0 atom stereocenters. The first-order valence-electron chi connectivity index (χ1n) is 9.30. The van der Waals surface area contributed by atoms with E-state index in [2.05, 4.69) is 10.3 Å². The second kappa shape index (κ2) is 8.16. The molecule has 0 spiro atoms. The van der Waals surface area contributed by atoms with Crippen molar-refractivity contribution in [2.24, 2.45) is 0 Å². The lowest BCUT2D eigenvalue weighted by Gasteiger charge is -2.36. The number of nitrogens with zero attached hydrogens (tertiary/aromatic N) is 3. The lowest BCUT2D eigenvalue weighted by molar-refractivity contribution is 0.0750. The Morgan fingerprint density at radius 2 is 1.72 bits per heavy atom. The summed E-state index contributed by atoms with van der Waals surface area (Å²) in [4.78, 5) is 21.7. The van der Waals surface area contributed by atoms with E-state index >= 15 is 0 Å². The number of aryl methyl sites for hydroxylation is 1. The minimum Gasteiger partial charge on any atom is -0.366 e. The smallest absolute Gasteiger partial charge is 0.266 e. The van der Waals surface area contributed by atoms with E-state index in [9.17, 15) is 13.6 Å². The number of rotatable bonds is 4. The van der Waals surface area contributed by atoms with Gasteiger partial charge in [0.2, 0.25) is 0 Å². The van der Waals surface area contributed by atoms with Gasteiger partial charge >= 0.3 is 0 Å². The summed E-state index contributed by atoms with van der Waals surface area (Å²) in [6, 6.07) is 12.7. The summed E-state index contributed by atoms with van der Waals surface area (Å²) in [5, 5.41) is 3.69. The Morgan fingerprint density at radius 1 is 1.03 bits per heavy atom. The van der Waals surface area contributed by atoms with Crippen LogP contribution in [0.3, 0.4) is 0 Å². The van der Waals surface area contributed by atoms with Crippen LogP contribution in [0.5, 0.6) is 0 Å². The largest absolute Gasteiger partial charge is 0.366 e. The molecule has 1 fully saturated rings. The number of piperazine rings is 1. The van der Waals surface area contributed by atoms with Crippen molar-refractivity contribution in [2.45, 2.75) is 6.92 Å². The van der Waals surface area contributed by atoms with Crippen LogP contribution in [0.2, 0.25) is 0 Å². The fourth-order valence-electron chi connectivity index (χ4n) is 3.31. The van der Waals surface area contributed by atoms with Gasteiger partial charge in [-0.1, -0.05) is 23.5 Å². The van der Waals surface area contributed by atoms with Crippen molar-refractivity contribution in [3.8, 4) is 0 Å². The van der Waals surface area contributed by atoms with Gasteiger partial charge in [0.25, 0.3) is 5.91 Å². The predicted molar refractivity (Wildman–Crippen MR) is 111 cm³/mol. The van der Waals surface area contributed by atoms with E-state index < -0.39 is 0 Å². The Kier molecular flexibility index (Phi) is 5.44. The summed E-state index contributed by atoms with van der Waals surface area (Å²) >= 11 is 1.28. The minimum atomic E-state index is -0.309. The lowest BCUT2D eigenvalue weighted by atomic mass is 10.2. The number of halogens is 2. The normalized spacial score (nSPS) is 14.2. The molecule has 1 aliphatic heterocycles. The van der Waals surface area contributed by atoms with Gasteiger partial charge in [0, 0.05) is 31.9 Å². The zero-order valence-corrected chi connectivity index (χ0v) is 16.7. The zero-order chi connectivity index (χ0) is 20.4. The van der Waals surface area contributed by atoms with E-state index in [0.717, 1.165) is 0 Å². The average Bonchev–Trinajstić information content (AvgIpc) is 3.10. The number of hydrogen-bond acceptors (Lipinski definition) is 5. The maximum absolute atomic E-state index is 14.0. The van der Waals surface area contributed by atoms with E-state index in [0.29, 0.717) is 53.3 Å². The van der Waals surface area contributed by atoms with Crippen LogP contribution in [0, 0.1) is 18.6 Å². The van der Waals surface area contributed by atoms with E-state index in [1.807, 2.05) is 11.0 Å². The third kappa shape index (κ3) is 4.22. The fourth-order valence-corrected chi connectivity index (χ4v) is 4.26. The minimum absolute atomic E-state index is 0.0691. The third-order valence-electron chi connectivity index (χ3n) is 4.85. The van der Waals surface area contributed by atoms with Gasteiger partial charge in [-0.25, -0.2) is 13.8 Å². The van der Waals surface area contributed by atoms with Crippen molar-refractivity contribution in [1.29, 1.82) is 0 Å². The molecule has 1 aromatic heterocycles. The molecule has 29 heavy (non-hydrogen) atoms. The molecule has 1 amide bonds. The molecule has 1 N–H and O–H groups in total. The van der Waals surface area contributed by atoms with Crippen molar-refractivity contribution >= 4 is 33.8 Å². The number of hydrogen-bond donors (Lipinski definition) is 1. The van der Waals surface area contributed by atoms with Crippen LogP contribution in [0.25, 0.3) is 0 Å². The molecule has 0 radical (unpaired) electrons. The van der Waals surface area contributed by atoms with E-state index in [1.165, 1.54) is 29.5 Å². The predicted octanol–water partition coefficient (Wildman–Crippen LogP) is 4.44. The molecule has 5 nitrogen and oxygen atoms in total. The van der Waals surface area contributed by atoms with E-state index in [1.54, 1.807) is 36.1 Å². The maximum Gasteiger partial charge on any atom is 0.266 e. The fraction of sp³-hybridized carbons (Fsp3) is 0.238. The molecule has 0 saturated carbocycles. The van der Waals surface area contributed by atoms with Crippen LogP contribution >= 0.6 is 11.3 Å². The number of thiazole rings is 1. The first kappa shape index (κ1) is 19.3. The highest BCUT2D eigenvalue weighted by atomic mass is 32.1. The highest BCUT2D eigenvalue weighted by Crippen LogP contribution is 2.28. The highest BCUT2D eigenvalue weighted by Gasteiger charge is 2.26. The number of aromatic nitrogens is 1. The van der Waals surface area contributed by atoms with Crippen LogP contribution in [-0.2, 0) is 0 Å². The molecule has 1 saturated heterocycles. The summed E-state index contributed by atoms with van der Waals surface area (Å²) in [7, 11) is 0. The maximum atomic E-state index is 14.0. The summed E-state index contributed by atoms with van der Waals surface area (Å²) < 4.78 is 27.0. The Bertz CT molecular complexity index is 1010. The first-order valence-corrected chi connectivity index (χ1v) is 10.1. The number of anilines is 3. The quantitative estimate of drug-likeness (QED) is 0.686. The molecule has 0 bridgehead atoms. The molecule has 2 heterocycles. The second-order valence-electron chi connectivity index (χ2n) is 6.80. The van der Waals surface area contributed by atoms with Crippen LogP contribution in [0.1, 0.15) is 15.4 Å². The van der Waals surface area contributed by atoms with Gasteiger partial charge in [-0.15, -0.1) is 0 Å². The van der Waals surface area contributed by atoms with Crippen LogP contribution in [-0.4, -0.2) is 42.0 Å². The molecule has 150 valence electrons. The first-order chi connectivity index (χ1) is 14.0. The summed E-state index contributed by atoms with van der Waals surface area (Å²) in [6.07, 6.45) is 0. The topological polar surface area (TPSA) is 48.5 Å². The molecule has 1 aliphatic rings. The van der Waals surface area contributed by atoms with Crippen molar-refractivity contribution in [3.05, 3.63) is 70.7 Å². The van der Waals surface area contributed by atoms with Gasteiger partial charge in [-0.05, 0) is 43.3 Å². The number of amides is 1. The SMILES string of the molecule is Cc1nc(Nc2ccc(F)cc2)sc1C(=O)N1CCN(c2ccccc2F)CC1. The van der Waals surface area contributed by atoms with Crippen molar-refractivity contribution in [2.75, 3.05) is 36.4 Å². The summed E-state index contributed by atoms with van der Waals surface area (Å²) in [5.41, 5.74) is 1.93. The molecule has 0 unspecified atom stereocenters. The molecule has 2 aromatic carbocycles. The van der Waals surface area contributed by atoms with Crippen LogP contribution in [0.15, 0.2) is 48.5 Å². The number of nitrogens with one attached hydrogen (secondary N) is 1. The summed E-state index contributed by atoms with van der Waals surface area (Å²) in [5.74, 6) is -0.626. The van der Waals surface area contributed by atoms with Gasteiger partial charge < -0.3 is 15.1 Å². The van der Waals surface area contributed by atoms with Gasteiger partial charge in [-0.3, -0.25) is 4.79 Å². The Morgan fingerprint density at radius 3 is 2.41 bits per heavy atom. The zero-order valence-electron chi connectivity index (χ0n) is 15.9. The third-order valence-corrected chi connectivity index (χ3v) is 5.91. The molecule has 0 aliphatic carbocycles. The number of benzene rings is 2. The Hall–Kier alpha value is -3.00. The number of para-hydroxylation sites is 1. The monoisotopic (exact) mass is 414 g/mol.